The van der Waals surface area contributed by atoms with Gasteiger partial charge in [0, 0.05) is 5.56 Å². The number of benzene rings is 3. The Morgan fingerprint density at radius 3 is 2.31 bits per heavy atom. The van der Waals surface area contributed by atoms with Gasteiger partial charge in [-0.3, -0.25) is 10.2 Å². The minimum absolute atomic E-state index is 0.0799. The number of nitrogens with one attached hydrogen (secondary N) is 2. The Bertz CT molecular complexity index is 1110. The van der Waals surface area contributed by atoms with Crippen molar-refractivity contribution in [3.63, 3.8) is 0 Å². The number of carbonyl (C=O) groups excluding carboxylic acids is 1. The largest absolute Gasteiger partial charge is 0.483 e. The molecule has 0 aliphatic heterocycles. The van der Waals surface area contributed by atoms with Crippen molar-refractivity contribution in [2.24, 2.45) is 0 Å². The highest BCUT2D eigenvalue weighted by molar-refractivity contribution is 7.89. The van der Waals surface area contributed by atoms with Gasteiger partial charge in [-0.1, -0.05) is 54.6 Å². The molecule has 0 radical (unpaired) electrons. The molecule has 3 aromatic rings. The van der Waals surface area contributed by atoms with Crippen LogP contribution >= 0.6 is 0 Å². The summed E-state index contributed by atoms with van der Waals surface area (Å²) in [5.74, 6) is -0.0776. The SMILES string of the molecule is Cc1ccc(S(=O)(=O)NNC(=O)COc2ccccc2-c2ccccc2)cc1C. The predicted octanol–water partition coefficient (Wildman–Crippen LogP) is 3.36. The number of carbonyl (C=O) groups is 1. The summed E-state index contributed by atoms with van der Waals surface area (Å²) < 4.78 is 30.3. The third-order valence-electron chi connectivity index (χ3n) is 4.44. The molecule has 0 fully saturated rings. The number of rotatable bonds is 7. The molecule has 1 amide bonds. The predicted molar refractivity (Wildman–Crippen MR) is 112 cm³/mol. The third kappa shape index (κ3) is 5.22. The molecule has 0 aliphatic rings. The van der Waals surface area contributed by atoms with Crippen molar-refractivity contribution < 1.29 is 17.9 Å². The molecule has 7 heteroatoms. The molecule has 0 unspecified atom stereocenters. The first-order valence-corrected chi connectivity index (χ1v) is 10.5. The summed E-state index contributed by atoms with van der Waals surface area (Å²) in [6.45, 7) is 3.38. The van der Waals surface area contributed by atoms with Crippen molar-refractivity contribution in [2.75, 3.05) is 6.61 Å². The zero-order chi connectivity index (χ0) is 20.9. The van der Waals surface area contributed by atoms with Gasteiger partial charge in [0.05, 0.1) is 4.90 Å². The molecule has 0 atom stereocenters. The van der Waals surface area contributed by atoms with Crippen molar-refractivity contribution in [3.05, 3.63) is 83.9 Å². The summed E-state index contributed by atoms with van der Waals surface area (Å²) in [7, 11) is -3.87. The van der Waals surface area contributed by atoms with E-state index in [4.69, 9.17) is 4.74 Å². The standard InChI is InChI=1S/C22H22N2O4S/c1-16-12-13-19(14-17(16)2)29(26,27)24-23-22(25)15-28-21-11-7-6-10-20(21)18-8-4-3-5-9-18/h3-14,24H,15H2,1-2H3,(H,23,25). The fourth-order valence-corrected chi connectivity index (χ4v) is 3.64. The number of aryl methyl sites for hydroxylation is 2. The smallest absolute Gasteiger partial charge is 0.272 e. The van der Waals surface area contributed by atoms with Crippen LogP contribution in [0.4, 0.5) is 0 Å². The van der Waals surface area contributed by atoms with Crippen LogP contribution in [0.3, 0.4) is 0 Å². The number of ether oxygens (including phenoxy) is 1. The van der Waals surface area contributed by atoms with Crippen molar-refractivity contribution in [1.82, 2.24) is 10.3 Å². The second kappa shape index (κ2) is 8.89. The van der Waals surface area contributed by atoms with Crippen LogP contribution in [0, 0.1) is 13.8 Å². The number of hydrogen-bond acceptors (Lipinski definition) is 4. The fourth-order valence-electron chi connectivity index (χ4n) is 2.69. The van der Waals surface area contributed by atoms with Gasteiger partial charge in [0.1, 0.15) is 5.75 Å². The van der Waals surface area contributed by atoms with Crippen LogP contribution in [0.15, 0.2) is 77.7 Å². The van der Waals surface area contributed by atoms with Gasteiger partial charge >= 0.3 is 0 Å². The number of para-hydroxylation sites is 1. The van der Waals surface area contributed by atoms with E-state index in [1.807, 2.05) is 62.4 Å². The number of hydrogen-bond donors (Lipinski definition) is 2. The van der Waals surface area contributed by atoms with E-state index in [2.05, 4.69) is 10.3 Å². The summed E-state index contributed by atoms with van der Waals surface area (Å²) >= 11 is 0. The lowest BCUT2D eigenvalue weighted by Crippen LogP contribution is -2.43. The Kier molecular flexibility index (Phi) is 6.31. The topological polar surface area (TPSA) is 84.5 Å². The minimum Gasteiger partial charge on any atom is -0.483 e. The van der Waals surface area contributed by atoms with Gasteiger partial charge in [0.15, 0.2) is 6.61 Å². The third-order valence-corrected chi connectivity index (χ3v) is 5.69. The lowest BCUT2D eigenvalue weighted by Gasteiger charge is -2.13. The molecule has 3 rings (SSSR count). The Balaban J connectivity index is 1.62. The first-order chi connectivity index (χ1) is 13.9. The van der Waals surface area contributed by atoms with E-state index in [1.54, 1.807) is 18.2 Å². The minimum atomic E-state index is -3.87. The van der Waals surface area contributed by atoms with Crippen LogP contribution in [-0.4, -0.2) is 20.9 Å². The van der Waals surface area contributed by atoms with Crippen molar-refractivity contribution in [3.8, 4) is 16.9 Å². The van der Waals surface area contributed by atoms with E-state index in [0.29, 0.717) is 5.75 Å². The summed E-state index contributed by atoms with van der Waals surface area (Å²) in [4.78, 5) is 14.3. The Labute approximate surface area is 170 Å². The van der Waals surface area contributed by atoms with Gasteiger partial charge in [-0.15, -0.1) is 4.83 Å². The number of amides is 1. The molecule has 150 valence electrons. The summed E-state index contributed by atoms with van der Waals surface area (Å²) in [6, 6.07) is 21.7. The zero-order valence-corrected chi connectivity index (χ0v) is 17.0. The van der Waals surface area contributed by atoms with E-state index in [9.17, 15) is 13.2 Å². The molecule has 0 heterocycles. The lowest BCUT2D eigenvalue weighted by molar-refractivity contribution is -0.123. The first-order valence-electron chi connectivity index (χ1n) is 9.02. The molecule has 0 spiro atoms. The Morgan fingerprint density at radius 1 is 0.897 bits per heavy atom. The normalized spacial score (nSPS) is 11.1. The number of hydrazine groups is 1. The summed E-state index contributed by atoms with van der Waals surface area (Å²) in [5, 5.41) is 0. The monoisotopic (exact) mass is 410 g/mol. The summed E-state index contributed by atoms with van der Waals surface area (Å²) in [5.41, 5.74) is 5.82. The maximum Gasteiger partial charge on any atom is 0.272 e. The van der Waals surface area contributed by atoms with Gasteiger partial charge in [-0.05, 0) is 48.7 Å². The first kappa shape index (κ1) is 20.6. The van der Waals surface area contributed by atoms with Gasteiger partial charge < -0.3 is 4.74 Å². The van der Waals surface area contributed by atoms with Crippen LogP contribution in [0.5, 0.6) is 5.75 Å². The van der Waals surface area contributed by atoms with E-state index in [-0.39, 0.29) is 11.5 Å². The molecule has 2 N–H and O–H groups in total. The second-order valence-corrected chi connectivity index (χ2v) is 8.23. The van der Waals surface area contributed by atoms with Crippen LogP contribution < -0.4 is 15.0 Å². The van der Waals surface area contributed by atoms with E-state index < -0.39 is 15.9 Å². The molecule has 29 heavy (non-hydrogen) atoms. The molecule has 0 aliphatic carbocycles. The van der Waals surface area contributed by atoms with Crippen LogP contribution in [0.2, 0.25) is 0 Å². The number of sulfonamides is 1. The highest BCUT2D eigenvalue weighted by Crippen LogP contribution is 2.29. The molecule has 0 saturated carbocycles. The van der Waals surface area contributed by atoms with Gasteiger partial charge in [-0.2, -0.15) is 0 Å². The fraction of sp³-hybridized carbons (Fsp3) is 0.136. The van der Waals surface area contributed by atoms with E-state index in [1.165, 1.54) is 6.07 Å². The Hall–Kier alpha value is -3.16. The average molecular weight is 410 g/mol. The van der Waals surface area contributed by atoms with E-state index >= 15 is 0 Å². The van der Waals surface area contributed by atoms with Gasteiger partial charge in [0.25, 0.3) is 15.9 Å². The van der Waals surface area contributed by atoms with Crippen LogP contribution in [0.25, 0.3) is 11.1 Å². The quantitative estimate of drug-likeness (QED) is 0.585. The lowest BCUT2D eigenvalue weighted by atomic mass is 10.1. The Morgan fingerprint density at radius 2 is 1.59 bits per heavy atom. The molecular formula is C22H22N2O4S. The zero-order valence-electron chi connectivity index (χ0n) is 16.2. The highest BCUT2D eigenvalue weighted by Gasteiger charge is 2.16. The average Bonchev–Trinajstić information content (AvgIpc) is 2.73. The van der Waals surface area contributed by atoms with Crippen LogP contribution in [-0.2, 0) is 14.8 Å². The maximum atomic E-state index is 12.3. The second-order valence-electron chi connectivity index (χ2n) is 6.55. The van der Waals surface area contributed by atoms with E-state index in [0.717, 1.165) is 22.3 Å². The van der Waals surface area contributed by atoms with Gasteiger partial charge in [0.2, 0.25) is 0 Å². The molecular weight excluding hydrogens is 388 g/mol. The van der Waals surface area contributed by atoms with Crippen molar-refractivity contribution in [2.45, 2.75) is 18.7 Å². The van der Waals surface area contributed by atoms with Crippen molar-refractivity contribution in [1.29, 1.82) is 0 Å². The molecule has 0 saturated heterocycles. The molecule has 0 bridgehead atoms. The van der Waals surface area contributed by atoms with Crippen LogP contribution in [0.1, 0.15) is 11.1 Å². The van der Waals surface area contributed by atoms with Gasteiger partial charge in [-0.25, -0.2) is 8.42 Å². The highest BCUT2D eigenvalue weighted by atomic mass is 32.2. The molecule has 3 aromatic carbocycles. The maximum absolute atomic E-state index is 12.3. The van der Waals surface area contributed by atoms with Crippen molar-refractivity contribution >= 4 is 15.9 Å². The molecule has 6 nitrogen and oxygen atoms in total. The molecule has 0 aromatic heterocycles. The summed E-state index contributed by atoms with van der Waals surface area (Å²) in [6.07, 6.45) is 0.